The van der Waals surface area contributed by atoms with E-state index in [0.717, 1.165) is 12.1 Å². The molecule has 1 saturated heterocycles. The van der Waals surface area contributed by atoms with Crippen molar-refractivity contribution in [2.75, 3.05) is 19.6 Å². The zero-order chi connectivity index (χ0) is 13.0. The zero-order valence-corrected chi connectivity index (χ0v) is 12.7. The minimum absolute atomic E-state index is 0.678. The lowest BCUT2D eigenvalue weighted by Gasteiger charge is -2.54. The first-order chi connectivity index (χ1) is 8.73. The Bertz CT molecular complexity index is 231. The van der Waals surface area contributed by atoms with Crippen molar-refractivity contribution in [3.63, 3.8) is 0 Å². The lowest BCUT2D eigenvalue weighted by Crippen LogP contribution is -2.60. The molecule has 0 aromatic heterocycles. The standard InChI is InChI=1S/C16H32N2/c1-4-11-17-14-7-9-15(10-8-14)18-12-16(5-2,6-3)13-18/h14-15,17H,4-13H2,1-3H3. The van der Waals surface area contributed by atoms with Gasteiger partial charge in [-0.3, -0.25) is 4.90 Å². The van der Waals surface area contributed by atoms with Crippen molar-refractivity contribution in [3.8, 4) is 0 Å². The van der Waals surface area contributed by atoms with Crippen LogP contribution >= 0.6 is 0 Å². The monoisotopic (exact) mass is 252 g/mol. The van der Waals surface area contributed by atoms with Gasteiger partial charge in [-0.15, -0.1) is 0 Å². The number of nitrogens with one attached hydrogen (secondary N) is 1. The highest BCUT2D eigenvalue weighted by atomic mass is 15.2. The highest BCUT2D eigenvalue weighted by Crippen LogP contribution is 2.40. The smallest absolute Gasteiger partial charge is 0.00968 e. The van der Waals surface area contributed by atoms with Gasteiger partial charge < -0.3 is 5.32 Å². The second kappa shape index (κ2) is 6.38. The number of nitrogens with zero attached hydrogens (tertiary/aromatic N) is 1. The fourth-order valence-electron chi connectivity index (χ4n) is 3.76. The quantitative estimate of drug-likeness (QED) is 0.779. The molecule has 0 amide bonds. The predicted molar refractivity (Wildman–Crippen MR) is 78.9 cm³/mol. The normalized spacial score (nSPS) is 32.2. The molecule has 106 valence electrons. The van der Waals surface area contributed by atoms with Crippen molar-refractivity contribution in [1.82, 2.24) is 10.2 Å². The van der Waals surface area contributed by atoms with E-state index in [-0.39, 0.29) is 0 Å². The minimum atomic E-state index is 0.678. The second-order valence-corrected chi connectivity index (χ2v) is 6.57. The van der Waals surface area contributed by atoms with E-state index < -0.39 is 0 Å². The van der Waals surface area contributed by atoms with Crippen molar-refractivity contribution in [3.05, 3.63) is 0 Å². The van der Waals surface area contributed by atoms with Gasteiger partial charge in [0.25, 0.3) is 0 Å². The van der Waals surface area contributed by atoms with Crippen molar-refractivity contribution in [1.29, 1.82) is 0 Å². The molecule has 1 aliphatic carbocycles. The predicted octanol–water partition coefficient (Wildman–Crippen LogP) is 3.42. The first-order valence-electron chi connectivity index (χ1n) is 8.20. The van der Waals surface area contributed by atoms with Gasteiger partial charge >= 0.3 is 0 Å². The van der Waals surface area contributed by atoms with Crippen molar-refractivity contribution >= 4 is 0 Å². The van der Waals surface area contributed by atoms with Gasteiger partial charge in [-0.1, -0.05) is 20.8 Å². The Morgan fingerprint density at radius 3 is 2.11 bits per heavy atom. The third-order valence-electron chi connectivity index (χ3n) is 5.47. The van der Waals surface area contributed by atoms with Crippen LogP contribution in [0.3, 0.4) is 0 Å². The molecular weight excluding hydrogens is 220 g/mol. The number of likely N-dealkylation sites (tertiary alicyclic amines) is 1. The van der Waals surface area contributed by atoms with Crippen LogP contribution in [0.2, 0.25) is 0 Å². The molecule has 1 saturated carbocycles. The maximum absolute atomic E-state index is 3.69. The highest BCUT2D eigenvalue weighted by Gasteiger charge is 2.43. The van der Waals surface area contributed by atoms with Gasteiger partial charge in [-0.2, -0.15) is 0 Å². The van der Waals surface area contributed by atoms with Gasteiger partial charge in [0.05, 0.1) is 0 Å². The Morgan fingerprint density at radius 1 is 1.00 bits per heavy atom. The van der Waals surface area contributed by atoms with E-state index in [4.69, 9.17) is 0 Å². The molecule has 0 radical (unpaired) electrons. The van der Waals surface area contributed by atoms with E-state index in [2.05, 4.69) is 31.0 Å². The van der Waals surface area contributed by atoms with Crippen LogP contribution in [0.5, 0.6) is 0 Å². The van der Waals surface area contributed by atoms with Crippen molar-refractivity contribution in [2.24, 2.45) is 5.41 Å². The fraction of sp³-hybridized carbons (Fsp3) is 1.00. The highest BCUT2D eigenvalue weighted by molar-refractivity contribution is 4.97. The molecule has 1 aliphatic heterocycles. The van der Waals surface area contributed by atoms with E-state index in [1.54, 1.807) is 0 Å². The summed E-state index contributed by atoms with van der Waals surface area (Å²) < 4.78 is 0. The summed E-state index contributed by atoms with van der Waals surface area (Å²) in [5, 5.41) is 3.69. The summed E-state index contributed by atoms with van der Waals surface area (Å²) in [5.74, 6) is 0. The molecule has 2 rings (SSSR count). The van der Waals surface area contributed by atoms with E-state index >= 15 is 0 Å². The molecular formula is C16H32N2. The van der Waals surface area contributed by atoms with Crippen LogP contribution < -0.4 is 5.32 Å². The molecule has 0 spiro atoms. The van der Waals surface area contributed by atoms with Crippen LogP contribution in [0, 0.1) is 5.41 Å². The molecule has 1 N–H and O–H groups in total. The third kappa shape index (κ3) is 3.08. The Balaban J connectivity index is 1.69. The average Bonchev–Trinajstić information content (AvgIpc) is 2.38. The van der Waals surface area contributed by atoms with Gasteiger partial charge in [0.15, 0.2) is 0 Å². The summed E-state index contributed by atoms with van der Waals surface area (Å²) in [6, 6.07) is 1.71. The SMILES string of the molecule is CCCNC1CCC(N2CC(CC)(CC)C2)CC1. The Hall–Kier alpha value is -0.0800. The number of hydrogen-bond acceptors (Lipinski definition) is 2. The molecule has 2 nitrogen and oxygen atoms in total. The minimum Gasteiger partial charge on any atom is -0.314 e. The summed E-state index contributed by atoms with van der Waals surface area (Å²) in [6.07, 6.45) is 9.64. The summed E-state index contributed by atoms with van der Waals surface area (Å²) in [4.78, 5) is 2.77. The fourth-order valence-corrected chi connectivity index (χ4v) is 3.76. The van der Waals surface area contributed by atoms with Crippen LogP contribution in [0.1, 0.15) is 65.7 Å². The average molecular weight is 252 g/mol. The first-order valence-corrected chi connectivity index (χ1v) is 8.20. The van der Waals surface area contributed by atoms with Gasteiger partial charge in [-0.05, 0) is 56.9 Å². The largest absolute Gasteiger partial charge is 0.314 e. The molecule has 2 fully saturated rings. The molecule has 1 heterocycles. The Labute approximate surface area is 114 Å². The Kier molecular flexibility index (Phi) is 5.08. The molecule has 0 aromatic carbocycles. The van der Waals surface area contributed by atoms with Crippen LogP contribution in [0.25, 0.3) is 0 Å². The van der Waals surface area contributed by atoms with Gasteiger partial charge in [-0.25, -0.2) is 0 Å². The Morgan fingerprint density at radius 2 is 1.61 bits per heavy atom. The summed E-state index contributed by atoms with van der Waals surface area (Å²) in [7, 11) is 0. The van der Waals surface area contributed by atoms with E-state index in [9.17, 15) is 0 Å². The van der Waals surface area contributed by atoms with Gasteiger partial charge in [0.1, 0.15) is 0 Å². The maximum atomic E-state index is 3.69. The van der Waals surface area contributed by atoms with Gasteiger partial charge in [0.2, 0.25) is 0 Å². The van der Waals surface area contributed by atoms with Crippen LogP contribution in [-0.2, 0) is 0 Å². The zero-order valence-electron chi connectivity index (χ0n) is 12.7. The van der Waals surface area contributed by atoms with E-state index in [0.29, 0.717) is 5.41 Å². The molecule has 0 atom stereocenters. The number of hydrogen-bond donors (Lipinski definition) is 1. The maximum Gasteiger partial charge on any atom is 0.00968 e. The number of rotatable bonds is 6. The molecule has 0 unspecified atom stereocenters. The third-order valence-corrected chi connectivity index (χ3v) is 5.47. The lowest BCUT2D eigenvalue weighted by atomic mass is 9.73. The summed E-state index contributed by atoms with van der Waals surface area (Å²) in [6.45, 7) is 10.9. The van der Waals surface area contributed by atoms with Gasteiger partial charge in [0, 0.05) is 25.2 Å². The molecule has 0 aromatic rings. The molecule has 18 heavy (non-hydrogen) atoms. The lowest BCUT2D eigenvalue weighted by molar-refractivity contribution is -0.0479. The van der Waals surface area contributed by atoms with Crippen molar-refractivity contribution < 1.29 is 0 Å². The summed E-state index contributed by atoms with van der Waals surface area (Å²) >= 11 is 0. The molecule has 2 aliphatic rings. The second-order valence-electron chi connectivity index (χ2n) is 6.57. The van der Waals surface area contributed by atoms with E-state index in [1.807, 2.05) is 0 Å². The van der Waals surface area contributed by atoms with Crippen LogP contribution in [-0.4, -0.2) is 36.6 Å². The summed E-state index contributed by atoms with van der Waals surface area (Å²) in [5.41, 5.74) is 0.678. The van der Waals surface area contributed by atoms with Crippen LogP contribution in [0.4, 0.5) is 0 Å². The molecule has 0 bridgehead atoms. The van der Waals surface area contributed by atoms with E-state index in [1.165, 1.54) is 64.6 Å². The first kappa shape index (κ1) is 14.3. The topological polar surface area (TPSA) is 15.3 Å². The van der Waals surface area contributed by atoms with Crippen molar-refractivity contribution in [2.45, 2.75) is 77.8 Å². The van der Waals surface area contributed by atoms with Crippen LogP contribution in [0.15, 0.2) is 0 Å². The molecule has 2 heteroatoms.